The summed E-state index contributed by atoms with van der Waals surface area (Å²) in [5, 5.41) is 8.54. The standard InChI is InChI=1S/C10H8FNO3/c11-8-5-6(2-4-9(12)13)1-3-7(8)10(14)15/h1-5H,(H2,12,13)(H,14,15). The molecule has 0 saturated heterocycles. The highest BCUT2D eigenvalue weighted by Crippen LogP contribution is 2.11. The molecule has 4 nitrogen and oxygen atoms in total. The number of benzene rings is 1. The van der Waals surface area contributed by atoms with E-state index >= 15 is 0 Å². The average molecular weight is 209 g/mol. The van der Waals surface area contributed by atoms with Gasteiger partial charge in [-0.15, -0.1) is 0 Å². The van der Waals surface area contributed by atoms with Gasteiger partial charge in [0.2, 0.25) is 5.91 Å². The highest BCUT2D eigenvalue weighted by Gasteiger charge is 2.09. The van der Waals surface area contributed by atoms with Crippen LogP contribution in [0.25, 0.3) is 6.08 Å². The van der Waals surface area contributed by atoms with Crippen LogP contribution in [0, 0.1) is 5.82 Å². The number of carbonyl (C=O) groups is 2. The van der Waals surface area contributed by atoms with Gasteiger partial charge in [0.25, 0.3) is 0 Å². The Morgan fingerprint density at radius 1 is 1.40 bits per heavy atom. The number of carboxylic acid groups (broad SMARTS) is 1. The minimum atomic E-state index is -1.34. The third-order valence-electron chi connectivity index (χ3n) is 1.66. The molecule has 0 aliphatic heterocycles. The van der Waals surface area contributed by atoms with Gasteiger partial charge in [0, 0.05) is 6.08 Å². The van der Waals surface area contributed by atoms with Gasteiger partial charge < -0.3 is 10.8 Å². The van der Waals surface area contributed by atoms with Crippen molar-refractivity contribution < 1.29 is 19.1 Å². The first-order chi connectivity index (χ1) is 7.00. The summed E-state index contributed by atoms with van der Waals surface area (Å²) >= 11 is 0. The van der Waals surface area contributed by atoms with Crippen LogP contribution in [0.3, 0.4) is 0 Å². The Labute approximate surface area is 84.8 Å². The zero-order valence-electron chi connectivity index (χ0n) is 7.61. The number of hydrogen-bond acceptors (Lipinski definition) is 2. The first-order valence-corrected chi connectivity index (χ1v) is 4.01. The molecule has 78 valence electrons. The summed E-state index contributed by atoms with van der Waals surface area (Å²) in [4.78, 5) is 20.8. The number of carbonyl (C=O) groups excluding carboxylic acids is 1. The molecule has 0 heterocycles. The molecule has 0 aliphatic rings. The second kappa shape index (κ2) is 4.36. The van der Waals surface area contributed by atoms with Gasteiger partial charge in [-0.3, -0.25) is 4.79 Å². The smallest absolute Gasteiger partial charge is 0.338 e. The monoisotopic (exact) mass is 209 g/mol. The lowest BCUT2D eigenvalue weighted by Crippen LogP contribution is -2.05. The molecule has 5 heteroatoms. The molecule has 0 bridgehead atoms. The van der Waals surface area contributed by atoms with Crippen molar-refractivity contribution in [2.45, 2.75) is 0 Å². The minimum absolute atomic E-state index is 0.372. The summed E-state index contributed by atoms with van der Waals surface area (Å²) in [6.45, 7) is 0. The Bertz CT molecular complexity index is 440. The Morgan fingerprint density at radius 3 is 2.53 bits per heavy atom. The van der Waals surface area contributed by atoms with Crippen LogP contribution < -0.4 is 5.73 Å². The number of halogens is 1. The molecule has 0 unspecified atom stereocenters. The van der Waals surface area contributed by atoms with Gasteiger partial charge in [0.15, 0.2) is 0 Å². The largest absolute Gasteiger partial charge is 0.478 e. The third-order valence-corrected chi connectivity index (χ3v) is 1.66. The molecule has 1 aromatic rings. The number of carboxylic acids is 1. The third kappa shape index (κ3) is 2.91. The van der Waals surface area contributed by atoms with Gasteiger partial charge in [-0.05, 0) is 23.8 Å². The second-order valence-electron chi connectivity index (χ2n) is 2.78. The van der Waals surface area contributed by atoms with E-state index in [1.54, 1.807) is 0 Å². The fraction of sp³-hybridized carbons (Fsp3) is 0. The molecule has 1 rings (SSSR count). The summed E-state index contributed by atoms with van der Waals surface area (Å²) < 4.78 is 13.1. The predicted molar refractivity (Wildman–Crippen MR) is 51.6 cm³/mol. The fourth-order valence-electron chi connectivity index (χ4n) is 0.987. The summed E-state index contributed by atoms with van der Waals surface area (Å²) in [5.74, 6) is -2.84. The maximum absolute atomic E-state index is 13.1. The van der Waals surface area contributed by atoms with E-state index in [9.17, 15) is 14.0 Å². The van der Waals surface area contributed by atoms with Crippen LogP contribution in [0.2, 0.25) is 0 Å². The predicted octanol–water partition coefficient (Wildman–Crippen LogP) is 1.02. The first kappa shape index (κ1) is 10.9. The van der Waals surface area contributed by atoms with Crippen molar-refractivity contribution in [1.29, 1.82) is 0 Å². The Kier molecular flexibility index (Phi) is 3.17. The lowest BCUT2D eigenvalue weighted by molar-refractivity contribution is -0.113. The van der Waals surface area contributed by atoms with E-state index in [0.29, 0.717) is 5.56 Å². The molecular weight excluding hydrogens is 201 g/mol. The van der Waals surface area contributed by atoms with Crippen molar-refractivity contribution in [3.63, 3.8) is 0 Å². The highest BCUT2D eigenvalue weighted by molar-refractivity contribution is 5.91. The van der Waals surface area contributed by atoms with Gasteiger partial charge in [-0.1, -0.05) is 6.07 Å². The quantitative estimate of drug-likeness (QED) is 0.729. The molecule has 0 spiro atoms. The lowest BCUT2D eigenvalue weighted by Gasteiger charge is -1.98. The SMILES string of the molecule is NC(=O)C=Cc1ccc(C(=O)O)c(F)c1. The Hall–Kier alpha value is -2.17. The first-order valence-electron chi connectivity index (χ1n) is 4.01. The topological polar surface area (TPSA) is 80.4 Å². The number of hydrogen-bond donors (Lipinski definition) is 2. The van der Waals surface area contributed by atoms with E-state index in [0.717, 1.165) is 18.2 Å². The number of primary amides is 1. The van der Waals surface area contributed by atoms with Gasteiger partial charge in [0.1, 0.15) is 5.82 Å². The summed E-state index contributed by atoms with van der Waals surface area (Å²) in [7, 11) is 0. The van der Waals surface area contributed by atoms with E-state index in [2.05, 4.69) is 0 Å². The highest BCUT2D eigenvalue weighted by atomic mass is 19.1. The van der Waals surface area contributed by atoms with Gasteiger partial charge in [-0.25, -0.2) is 9.18 Å². The van der Waals surface area contributed by atoms with Crippen molar-refractivity contribution in [1.82, 2.24) is 0 Å². The van der Waals surface area contributed by atoms with Crippen molar-refractivity contribution in [2.24, 2.45) is 5.73 Å². The zero-order chi connectivity index (χ0) is 11.4. The molecule has 0 fully saturated rings. The molecule has 0 saturated carbocycles. The normalized spacial score (nSPS) is 10.5. The summed E-state index contributed by atoms with van der Waals surface area (Å²) in [6.07, 6.45) is 2.37. The summed E-state index contributed by atoms with van der Waals surface area (Å²) in [6, 6.07) is 3.52. The lowest BCUT2D eigenvalue weighted by atomic mass is 10.1. The van der Waals surface area contributed by atoms with E-state index in [4.69, 9.17) is 10.8 Å². The van der Waals surface area contributed by atoms with Gasteiger partial charge >= 0.3 is 5.97 Å². The van der Waals surface area contributed by atoms with E-state index in [1.165, 1.54) is 12.1 Å². The van der Waals surface area contributed by atoms with E-state index in [-0.39, 0.29) is 0 Å². The fourth-order valence-corrected chi connectivity index (χ4v) is 0.987. The van der Waals surface area contributed by atoms with Crippen molar-refractivity contribution in [3.05, 3.63) is 41.2 Å². The molecule has 0 aromatic heterocycles. The maximum atomic E-state index is 13.1. The number of aromatic carboxylic acids is 1. The van der Waals surface area contributed by atoms with Gasteiger partial charge in [-0.2, -0.15) is 0 Å². The van der Waals surface area contributed by atoms with Crippen LogP contribution in [0.15, 0.2) is 24.3 Å². The zero-order valence-corrected chi connectivity index (χ0v) is 7.61. The number of amides is 1. The van der Waals surface area contributed by atoms with Crippen LogP contribution in [-0.4, -0.2) is 17.0 Å². The Balaban J connectivity index is 3.01. The van der Waals surface area contributed by atoms with E-state index in [1.807, 2.05) is 0 Å². The van der Waals surface area contributed by atoms with Crippen molar-refractivity contribution >= 4 is 18.0 Å². The van der Waals surface area contributed by atoms with Crippen LogP contribution >= 0.6 is 0 Å². The Morgan fingerprint density at radius 2 is 2.07 bits per heavy atom. The average Bonchev–Trinajstić information content (AvgIpc) is 2.14. The summed E-state index contributed by atoms with van der Waals surface area (Å²) in [5.41, 5.74) is 4.80. The van der Waals surface area contributed by atoms with Crippen LogP contribution in [0.4, 0.5) is 4.39 Å². The van der Waals surface area contributed by atoms with Crippen molar-refractivity contribution in [3.8, 4) is 0 Å². The number of rotatable bonds is 3. The molecule has 15 heavy (non-hydrogen) atoms. The molecule has 0 radical (unpaired) electrons. The molecule has 3 N–H and O–H groups in total. The minimum Gasteiger partial charge on any atom is -0.478 e. The molecule has 1 amide bonds. The molecule has 0 aliphatic carbocycles. The molecule has 0 atom stereocenters. The molecule has 1 aromatic carbocycles. The second-order valence-corrected chi connectivity index (χ2v) is 2.78. The van der Waals surface area contributed by atoms with Crippen molar-refractivity contribution in [2.75, 3.05) is 0 Å². The van der Waals surface area contributed by atoms with Gasteiger partial charge in [0.05, 0.1) is 5.56 Å². The van der Waals surface area contributed by atoms with Crippen LogP contribution in [-0.2, 0) is 4.79 Å². The maximum Gasteiger partial charge on any atom is 0.338 e. The van der Waals surface area contributed by atoms with E-state index < -0.39 is 23.3 Å². The molecular formula is C10H8FNO3. The van der Waals surface area contributed by atoms with Crippen LogP contribution in [0.1, 0.15) is 15.9 Å². The number of nitrogens with two attached hydrogens (primary N) is 1. The van der Waals surface area contributed by atoms with Crippen LogP contribution in [0.5, 0.6) is 0 Å².